The Kier molecular flexibility index (Phi) is 12.9. The van der Waals surface area contributed by atoms with Crippen molar-refractivity contribution in [3.8, 4) is 11.1 Å². The van der Waals surface area contributed by atoms with Gasteiger partial charge in [-0.2, -0.15) is 11.3 Å². The molecule has 0 aliphatic heterocycles. The molecule has 0 fully saturated rings. The molecular formula is C31H40N4O5S. The lowest BCUT2D eigenvalue weighted by molar-refractivity contribution is -0.129. The van der Waals surface area contributed by atoms with Crippen molar-refractivity contribution in [1.82, 2.24) is 20.9 Å². The van der Waals surface area contributed by atoms with Crippen LogP contribution in [0.25, 0.3) is 11.1 Å². The van der Waals surface area contributed by atoms with Gasteiger partial charge in [-0.1, -0.05) is 57.5 Å². The Balaban J connectivity index is 1.65. The number of rotatable bonds is 16. The molecule has 3 amide bonds. The van der Waals surface area contributed by atoms with E-state index in [4.69, 9.17) is 4.74 Å². The summed E-state index contributed by atoms with van der Waals surface area (Å²) in [6.45, 7) is 6.40. The van der Waals surface area contributed by atoms with Crippen molar-refractivity contribution in [1.29, 1.82) is 0 Å². The lowest BCUT2D eigenvalue weighted by Crippen LogP contribution is -2.56. The number of ether oxygens (including phenoxy) is 1. The van der Waals surface area contributed by atoms with Gasteiger partial charge in [0.1, 0.15) is 11.7 Å². The minimum absolute atomic E-state index is 0.0274. The summed E-state index contributed by atoms with van der Waals surface area (Å²) >= 11 is 1.64. The van der Waals surface area contributed by atoms with Gasteiger partial charge in [0, 0.05) is 12.7 Å². The van der Waals surface area contributed by atoms with Crippen molar-refractivity contribution < 1.29 is 24.2 Å². The monoisotopic (exact) mass is 580 g/mol. The molecule has 1 aromatic carbocycles. The molecule has 0 aliphatic carbocycles. The number of benzene rings is 1. The van der Waals surface area contributed by atoms with Crippen LogP contribution in [0.2, 0.25) is 0 Å². The van der Waals surface area contributed by atoms with E-state index in [9.17, 15) is 19.5 Å². The molecule has 0 bridgehead atoms. The molecule has 220 valence electrons. The summed E-state index contributed by atoms with van der Waals surface area (Å²) in [4.78, 5) is 42.5. The molecule has 0 aliphatic rings. The number of nitrogens with zero attached hydrogens (tertiary/aromatic N) is 1. The molecule has 41 heavy (non-hydrogen) atoms. The van der Waals surface area contributed by atoms with Gasteiger partial charge in [0.15, 0.2) is 0 Å². The molecule has 0 radical (unpaired) electrons. The number of aliphatic hydroxyl groups is 1. The van der Waals surface area contributed by atoms with E-state index >= 15 is 0 Å². The van der Waals surface area contributed by atoms with E-state index in [0.717, 1.165) is 29.5 Å². The van der Waals surface area contributed by atoms with Crippen LogP contribution in [0.15, 0.2) is 65.5 Å². The van der Waals surface area contributed by atoms with Crippen molar-refractivity contribution in [2.24, 2.45) is 5.92 Å². The van der Waals surface area contributed by atoms with Crippen LogP contribution < -0.4 is 16.0 Å². The summed E-state index contributed by atoms with van der Waals surface area (Å²) in [5, 5.41) is 23.4. The van der Waals surface area contributed by atoms with Gasteiger partial charge >= 0.3 is 0 Å². The Hall–Kier alpha value is -3.60. The maximum Gasteiger partial charge on any atom is 0.270 e. The van der Waals surface area contributed by atoms with Gasteiger partial charge in [-0.15, -0.1) is 0 Å². The highest BCUT2D eigenvalue weighted by molar-refractivity contribution is 7.08. The van der Waals surface area contributed by atoms with Gasteiger partial charge in [-0.05, 0) is 58.0 Å². The third-order valence-electron chi connectivity index (χ3n) is 6.55. The molecule has 0 saturated heterocycles. The molecule has 0 spiro atoms. The summed E-state index contributed by atoms with van der Waals surface area (Å²) in [5.41, 5.74) is 3.39. The second-order valence-corrected chi connectivity index (χ2v) is 11.0. The Bertz CT molecular complexity index is 1220. The summed E-state index contributed by atoms with van der Waals surface area (Å²) < 4.78 is 5.90. The summed E-state index contributed by atoms with van der Waals surface area (Å²) in [5.74, 6) is -1.52. The van der Waals surface area contributed by atoms with Crippen LogP contribution in [0.3, 0.4) is 0 Å². The summed E-state index contributed by atoms with van der Waals surface area (Å²) in [6, 6.07) is 13.2. The van der Waals surface area contributed by atoms with Crippen LogP contribution in [-0.4, -0.2) is 59.2 Å². The topological polar surface area (TPSA) is 130 Å². The number of aromatic nitrogens is 1. The molecule has 9 nitrogen and oxygen atoms in total. The van der Waals surface area contributed by atoms with Crippen LogP contribution >= 0.6 is 11.3 Å². The van der Waals surface area contributed by atoms with Crippen LogP contribution in [0.4, 0.5) is 0 Å². The van der Waals surface area contributed by atoms with Crippen LogP contribution in [0.5, 0.6) is 0 Å². The van der Waals surface area contributed by atoms with E-state index in [1.807, 2.05) is 50.4 Å². The smallest absolute Gasteiger partial charge is 0.270 e. The van der Waals surface area contributed by atoms with Crippen LogP contribution in [0.1, 0.15) is 56.1 Å². The molecule has 3 aromatic rings. The fraction of sp³-hybridized carbons (Fsp3) is 0.419. The minimum atomic E-state index is -1.19. The Morgan fingerprint density at radius 2 is 1.80 bits per heavy atom. The fourth-order valence-electron chi connectivity index (χ4n) is 4.10. The van der Waals surface area contributed by atoms with Crippen molar-refractivity contribution in [3.05, 3.63) is 76.7 Å². The molecule has 3 rings (SSSR count). The number of hydrogen-bond acceptors (Lipinski definition) is 7. The maximum absolute atomic E-state index is 13.3. The third kappa shape index (κ3) is 10.4. The number of aliphatic hydroxyl groups excluding tert-OH is 1. The van der Waals surface area contributed by atoms with Crippen molar-refractivity contribution in [2.45, 2.75) is 64.8 Å². The second kappa shape index (κ2) is 16.6. The first-order valence-electron chi connectivity index (χ1n) is 13.9. The molecule has 2 heterocycles. The van der Waals surface area contributed by atoms with Crippen LogP contribution in [0, 0.1) is 5.92 Å². The first kappa shape index (κ1) is 31.9. The Labute approximate surface area is 245 Å². The zero-order chi connectivity index (χ0) is 29.6. The van der Waals surface area contributed by atoms with Crippen molar-refractivity contribution in [2.75, 3.05) is 13.2 Å². The lowest BCUT2D eigenvalue weighted by Gasteiger charge is -2.28. The average molecular weight is 581 g/mol. The van der Waals surface area contributed by atoms with E-state index in [1.165, 1.54) is 6.20 Å². The average Bonchev–Trinajstić information content (AvgIpc) is 3.51. The van der Waals surface area contributed by atoms with Gasteiger partial charge < -0.3 is 25.8 Å². The summed E-state index contributed by atoms with van der Waals surface area (Å²) in [6.07, 6.45) is 1.89. The number of nitrogens with one attached hydrogen (secondary N) is 3. The fourth-order valence-corrected chi connectivity index (χ4v) is 4.77. The predicted octanol–water partition coefficient (Wildman–Crippen LogP) is 3.93. The van der Waals surface area contributed by atoms with E-state index in [0.29, 0.717) is 6.54 Å². The lowest BCUT2D eigenvalue weighted by atomic mass is 10.0. The predicted molar refractivity (Wildman–Crippen MR) is 160 cm³/mol. The molecule has 10 heteroatoms. The van der Waals surface area contributed by atoms with Gasteiger partial charge in [0.2, 0.25) is 11.8 Å². The van der Waals surface area contributed by atoms with Gasteiger partial charge in [0.05, 0.1) is 31.8 Å². The van der Waals surface area contributed by atoms with E-state index in [-0.39, 0.29) is 37.2 Å². The highest BCUT2D eigenvalue weighted by Gasteiger charge is 2.30. The quantitative estimate of drug-likeness (QED) is 0.190. The summed E-state index contributed by atoms with van der Waals surface area (Å²) in [7, 11) is 0. The molecular weight excluding hydrogens is 540 g/mol. The first-order valence-corrected chi connectivity index (χ1v) is 14.9. The standard InChI is InChI=1S/C31H40N4O5S/c1-4-5-14-33-28(37)17-27(36)26(19-40-18-22-9-11-23(12-10-22)24-13-16-41-20-24)34-31(39)29(21(2)3)35-30(38)25-8-6-7-15-32-25/h6-13,15-16,20-21,26-27,29,36H,4-5,14,17-19H2,1-3H3,(H,33,37)(H,34,39)(H,35,38)/t26-,27-,29-/m0/s1. The normalized spacial score (nSPS) is 13.3. The number of amides is 3. The second-order valence-electron chi connectivity index (χ2n) is 10.2. The van der Waals surface area contributed by atoms with Gasteiger partial charge in [-0.25, -0.2) is 0 Å². The Morgan fingerprint density at radius 1 is 1.02 bits per heavy atom. The molecule has 3 atom stereocenters. The van der Waals surface area contributed by atoms with E-state index in [1.54, 1.807) is 29.5 Å². The maximum atomic E-state index is 13.3. The zero-order valence-corrected chi connectivity index (χ0v) is 24.7. The number of carbonyl (C=O) groups excluding carboxylic acids is 3. The Morgan fingerprint density at radius 3 is 2.44 bits per heavy atom. The largest absolute Gasteiger partial charge is 0.390 e. The molecule has 0 saturated carbocycles. The van der Waals surface area contributed by atoms with Crippen LogP contribution in [-0.2, 0) is 20.9 Å². The number of unbranched alkanes of at least 4 members (excludes halogenated alkanes) is 1. The number of pyridine rings is 1. The van der Waals surface area contributed by atoms with Gasteiger partial charge in [0.25, 0.3) is 5.91 Å². The molecule has 2 aromatic heterocycles. The first-order chi connectivity index (χ1) is 19.8. The highest BCUT2D eigenvalue weighted by Crippen LogP contribution is 2.22. The third-order valence-corrected chi connectivity index (χ3v) is 7.23. The number of carbonyl (C=O) groups is 3. The molecule has 4 N–H and O–H groups in total. The SMILES string of the molecule is CCCCNC(=O)C[C@H](O)[C@H](COCc1ccc(-c2ccsc2)cc1)NC(=O)[C@@H](NC(=O)c1ccccn1)C(C)C. The van der Waals surface area contributed by atoms with Gasteiger partial charge in [-0.3, -0.25) is 19.4 Å². The number of hydrogen-bond donors (Lipinski definition) is 4. The molecule has 0 unspecified atom stereocenters. The van der Waals surface area contributed by atoms with E-state index in [2.05, 4.69) is 32.4 Å². The van der Waals surface area contributed by atoms with Crippen molar-refractivity contribution >= 4 is 29.1 Å². The highest BCUT2D eigenvalue weighted by atomic mass is 32.1. The number of thiophene rings is 1. The minimum Gasteiger partial charge on any atom is -0.390 e. The van der Waals surface area contributed by atoms with E-state index < -0.39 is 30.0 Å². The van der Waals surface area contributed by atoms with Crippen molar-refractivity contribution in [3.63, 3.8) is 0 Å². The zero-order valence-electron chi connectivity index (χ0n) is 23.8.